The first-order valence-corrected chi connectivity index (χ1v) is 9.24. The highest BCUT2D eigenvalue weighted by Gasteiger charge is 2.40. The molecule has 1 aromatic carbocycles. The molecule has 0 radical (unpaired) electrons. The van der Waals surface area contributed by atoms with E-state index in [0.717, 1.165) is 42.9 Å². The van der Waals surface area contributed by atoms with Gasteiger partial charge in [-0.2, -0.15) is 0 Å². The van der Waals surface area contributed by atoms with Gasteiger partial charge in [-0.15, -0.1) is 0 Å². The van der Waals surface area contributed by atoms with Crippen LogP contribution in [0.4, 0.5) is 0 Å². The number of carbonyl (C=O) groups is 3. The predicted molar refractivity (Wildman–Crippen MR) is 95.2 cm³/mol. The third-order valence-corrected chi connectivity index (χ3v) is 5.49. The van der Waals surface area contributed by atoms with Gasteiger partial charge in [0.2, 0.25) is 11.8 Å². The molecule has 7 heteroatoms. The van der Waals surface area contributed by atoms with Crippen LogP contribution in [-0.2, 0) is 22.7 Å². The van der Waals surface area contributed by atoms with Crippen molar-refractivity contribution in [2.75, 3.05) is 19.6 Å². The minimum absolute atomic E-state index is 0.0896. The summed E-state index contributed by atoms with van der Waals surface area (Å²) in [5.41, 5.74) is 2.74. The van der Waals surface area contributed by atoms with Gasteiger partial charge in [0, 0.05) is 50.7 Å². The smallest absolute Gasteiger partial charge is 0.255 e. The lowest BCUT2D eigenvalue weighted by atomic mass is 10.0. The van der Waals surface area contributed by atoms with Crippen LogP contribution in [-0.4, -0.2) is 59.2 Å². The van der Waals surface area contributed by atoms with E-state index < -0.39 is 6.04 Å². The van der Waals surface area contributed by atoms with Crippen molar-refractivity contribution in [2.24, 2.45) is 0 Å². The first-order valence-electron chi connectivity index (χ1n) is 9.24. The minimum atomic E-state index is -0.556. The lowest BCUT2D eigenvalue weighted by Crippen LogP contribution is -2.52. The normalized spacial score (nSPS) is 26.8. The molecule has 2 fully saturated rings. The quantitative estimate of drug-likeness (QED) is 0.759. The fourth-order valence-corrected chi connectivity index (χ4v) is 4.22. The van der Waals surface area contributed by atoms with Crippen LogP contribution in [0.5, 0.6) is 0 Å². The van der Waals surface area contributed by atoms with Gasteiger partial charge in [0.1, 0.15) is 6.04 Å². The number of rotatable bonds is 3. The van der Waals surface area contributed by atoms with Crippen LogP contribution in [0, 0.1) is 0 Å². The summed E-state index contributed by atoms with van der Waals surface area (Å²) in [4.78, 5) is 40.6. The van der Waals surface area contributed by atoms with Crippen LogP contribution >= 0.6 is 0 Å². The molecule has 2 atom stereocenters. The highest BCUT2D eigenvalue weighted by molar-refractivity contribution is 6.05. The Morgan fingerprint density at radius 1 is 1.23 bits per heavy atom. The summed E-state index contributed by atoms with van der Waals surface area (Å²) < 4.78 is 0. The number of amides is 3. The van der Waals surface area contributed by atoms with E-state index in [1.807, 2.05) is 18.2 Å². The number of hydrogen-bond acceptors (Lipinski definition) is 5. The molecular weight excluding hydrogens is 332 g/mol. The summed E-state index contributed by atoms with van der Waals surface area (Å²) in [6.45, 7) is 6.20. The highest BCUT2D eigenvalue weighted by atomic mass is 16.2. The number of carbonyl (C=O) groups excluding carboxylic acids is 3. The first kappa shape index (κ1) is 17.2. The topological polar surface area (TPSA) is 81.8 Å². The molecule has 4 rings (SSSR count). The number of imide groups is 1. The molecule has 3 aliphatic heterocycles. The fourth-order valence-electron chi connectivity index (χ4n) is 4.22. The largest absolute Gasteiger partial charge is 0.322 e. The Labute approximate surface area is 152 Å². The molecule has 1 aromatic rings. The Morgan fingerprint density at radius 2 is 2.08 bits per heavy atom. The van der Waals surface area contributed by atoms with Crippen LogP contribution in [0.15, 0.2) is 18.2 Å². The van der Waals surface area contributed by atoms with Gasteiger partial charge < -0.3 is 10.2 Å². The third-order valence-electron chi connectivity index (χ3n) is 5.49. The van der Waals surface area contributed by atoms with Crippen LogP contribution in [0.1, 0.15) is 41.3 Å². The van der Waals surface area contributed by atoms with Gasteiger partial charge in [-0.1, -0.05) is 18.2 Å². The van der Waals surface area contributed by atoms with Crippen LogP contribution < -0.4 is 10.6 Å². The molecule has 2 saturated heterocycles. The van der Waals surface area contributed by atoms with E-state index in [2.05, 4.69) is 22.5 Å². The maximum absolute atomic E-state index is 13.1. The number of piperidine rings is 1. The van der Waals surface area contributed by atoms with Crippen LogP contribution in [0.3, 0.4) is 0 Å². The first-order chi connectivity index (χ1) is 12.5. The minimum Gasteiger partial charge on any atom is -0.322 e. The van der Waals surface area contributed by atoms with E-state index in [-0.39, 0.29) is 24.1 Å². The zero-order chi connectivity index (χ0) is 18.3. The predicted octanol–water partition coefficient (Wildman–Crippen LogP) is 0.241. The van der Waals surface area contributed by atoms with E-state index in [1.165, 1.54) is 0 Å². The average molecular weight is 356 g/mol. The lowest BCUT2D eigenvalue weighted by molar-refractivity contribution is -0.136. The van der Waals surface area contributed by atoms with E-state index >= 15 is 0 Å². The number of hydrogen-bond donors (Lipinski definition) is 2. The molecule has 3 amide bonds. The standard InChI is InChI=1S/C19H24N4O3/c1-12-9-22(8-7-20-12)10-13-3-2-4-14-11-23(19(26)17(13)14)15-5-6-16(24)21-18(15)25/h2-4,12,15,20H,5-11H2,1H3,(H,21,24,25)/t12-,15?/m1/s1. The average Bonchev–Trinajstić information content (AvgIpc) is 2.93. The van der Waals surface area contributed by atoms with E-state index in [9.17, 15) is 14.4 Å². The zero-order valence-electron chi connectivity index (χ0n) is 15.0. The Kier molecular flexibility index (Phi) is 4.50. The van der Waals surface area contributed by atoms with Gasteiger partial charge in [0.25, 0.3) is 5.91 Å². The maximum Gasteiger partial charge on any atom is 0.255 e. The summed E-state index contributed by atoms with van der Waals surface area (Å²) in [7, 11) is 0. The number of fused-ring (bicyclic) bond motifs is 1. The Hall–Kier alpha value is -2.25. The van der Waals surface area contributed by atoms with Gasteiger partial charge in [0.05, 0.1) is 0 Å². The molecule has 0 aliphatic carbocycles. The van der Waals surface area contributed by atoms with Gasteiger partial charge in [0.15, 0.2) is 0 Å². The molecular formula is C19H24N4O3. The van der Waals surface area contributed by atoms with Crippen molar-refractivity contribution in [3.05, 3.63) is 34.9 Å². The Bertz CT molecular complexity index is 763. The van der Waals surface area contributed by atoms with Crippen molar-refractivity contribution < 1.29 is 14.4 Å². The Balaban J connectivity index is 1.55. The summed E-state index contributed by atoms with van der Waals surface area (Å²) in [5.74, 6) is -0.711. The second-order valence-electron chi connectivity index (χ2n) is 7.44. The van der Waals surface area contributed by atoms with Crippen molar-refractivity contribution in [3.63, 3.8) is 0 Å². The fraction of sp³-hybridized carbons (Fsp3) is 0.526. The van der Waals surface area contributed by atoms with Crippen molar-refractivity contribution in [2.45, 2.75) is 44.9 Å². The molecule has 0 aromatic heterocycles. The van der Waals surface area contributed by atoms with Gasteiger partial charge in [-0.05, 0) is 24.5 Å². The number of benzene rings is 1. The molecule has 3 heterocycles. The molecule has 1 unspecified atom stereocenters. The molecule has 138 valence electrons. The van der Waals surface area contributed by atoms with Crippen molar-refractivity contribution in [1.82, 2.24) is 20.4 Å². The summed E-state index contributed by atoms with van der Waals surface area (Å²) in [6.07, 6.45) is 0.678. The number of nitrogens with one attached hydrogen (secondary N) is 2. The molecule has 26 heavy (non-hydrogen) atoms. The summed E-state index contributed by atoms with van der Waals surface area (Å²) in [6, 6.07) is 5.84. The molecule has 7 nitrogen and oxygen atoms in total. The molecule has 0 bridgehead atoms. The lowest BCUT2D eigenvalue weighted by Gasteiger charge is -2.32. The highest BCUT2D eigenvalue weighted by Crippen LogP contribution is 2.30. The molecule has 0 saturated carbocycles. The molecule has 3 aliphatic rings. The number of nitrogens with zero attached hydrogens (tertiary/aromatic N) is 2. The van der Waals surface area contributed by atoms with Crippen molar-refractivity contribution in [1.29, 1.82) is 0 Å². The van der Waals surface area contributed by atoms with Gasteiger partial charge in [-0.3, -0.25) is 24.6 Å². The van der Waals surface area contributed by atoms with Crippen LogP contribution in [0.25, 0.3) is 0 Å². The van der Waals surface area contributed by atoms with Crippen molar-refractivity contribution in [3.8, 4) is 0 Å². The third kappa shape index (κ3) is 3.12. The van der Waals surface area contributed by atoms with Gasteiger partial charge >= 0.3 is 0 Å². The van der Waals surface area contributed by atoms with E-state index in [0.29, 0.717) is 19.0 Å². The molecule has 0 spiro atoms. The number of piperazine rings is 1. The zero-order valence-corrected chi connectivity index (χ0v) is 15.0. The second kappa shape index (κ2) is 6.81. The SMILES string of the molecule is C[C@@H]1CN(Cc2cccc3c2C(=O)N(C2CCC(=O)NC2=O)C3)CCN1. The summed E-state index contributed by atoms with van der Waals surface area (Å²) in [5, 5.41) is 5.78. The summed E-state index contributed by atoms with van der Waals surface area (Å²) >= 11 is 0. The second-order valence-corrected chi connectivity index (χ2v) is 7.44. The maximum atomic E-state index is 13.1. The molecule has 2 N–H and O–H groups in total. The van der Waals surface area contributed by atoms with E-state index in [4.69, 9.17) is 0 Å². The Morgan fingerprint density at radius 3 is 2.85 bits per heavy atom. The van der Waals surface area contributed by atoms with Crippen LogP contribution in [0.2, 0.25) is 0 Å². The van der Waals surface area contributed by atoms with Crippen molar-refractivity contribution >= 4 is 17.7 Å². The van der Waals surface area contributed by atoms with E-state index in [1.54, 1.807) is 4.90 Å². The van der Waals surface area contributed by atoms with Gasteiger partial charge in [-0.25, -0.2) is 0 Å². The monoisotopic (exact) mass is 356 g/mol.